The Morgan fingerprint density at radius 3 is 2.65 bits per heavy atom. The highest BCUT2D eigenvalue weighted by atomic mass is 79.9. The average Bonchev–Trinajstić information content (AvgIpc) is 2.97. The van der Waals surface area contributed by atoms with E-state index in [1.54, 1.807) is 13.0 Å². The van der Waals surface area contributed by atoms with Crippen LogP contribution in [0.25, 0.3) is 0 Å². The van der Waals surface area contributed by atoms with Gasteiger partial charge in [0.2, 0.25) is 0 Å². The highest BCUT2D eigenvalue weighted by Gasteiger charge is 2.12. The maximum atomic E-state index is 11.8. The molecule has 0 aliphatic carbocycles. The summed E-state index contributed by atoms with van der Waals surface area (Å²) in [7, 11) is 0. The van der Waals surface area contributed by atoms with Gasteiger partial charge in [0.15, 0.2) is 6.61 Å². The second-order valence-electron chi connectivity index (χ2n) is 4.80. The number of nitrogens with one attached hydrogen (secondary N) is 2. The first-order valence-electron chi connectivity index (χ1n) is 7.05. The van der Waals surface area contributed by atoms with Crippen molar-refractivity contribution in [1.29, 1.82) is 0 Å². The molecule has 2 N–H and O–H groups in total. The number of hydrogen-bond acceptors (Lipinski definition) is 4. The summed E-state index contributed by atoms with van der Waals surface area (Å²) < 4.78 is 11.2. The molecule has 0 atom stereocenters. The van der Waals surface area contributed by atoms with Gasteiger partial charge in [-0.2, -0.15) is 0 Å². The Kier molecular flexibility index (Phi) is 5.81. The van der Waals surface area contributed by atoms with E-state index in [9.17, 15) is 9.59 Å². The van der Waals surface area contributed by atoms with Crippen LogP contribution in [0.1, 0.15) is 28.6 Å². The number of aryl methyl sites for hydroxylation is 2. The minimum Gasteiger partial charge on any atom is -0.483 e. The third kappa shape index (κ3) is 4.59. The molecule has 0 bridgehead atoms. The molecule has 0 spiro atoms. The number of amides is 2. The molecule has 0 fully saturated rings. The largest absolute Gasteiger partial charge is 0.483 e. The lowest BCUT2D eigenvalue weighted by Crippen LogP contribution is -2.43. The highest BCUT2D eigenvalue weighted by molar-refractivity contribution is 9.10. The summed E-state index contributed by atoms with van der Waals surface area (Å²) in [6.45, 7) is 3.51. The Hall–Kier alpha value is -2.28. The Balaban J connectivity index is 1.81. The molecular formula is C16H17BrN2O4. The predicted molar refractivity (Wildman–Crippen MR) is 88.1 cm³/mol. The zero-order valence-electron chi connectivity index (χ0n) is 12.8. The van der Waals surface area contributed by atoms with E-state index in [-0.39, 0.29) is 6.61 Å². The zero-order chi connectivity index (χ0) is 16.8. The molecule has 2 amide bonds. The third-order valence-corrected chi connectivity index (χ3v) is 3.80. The molecule has 23 heavy (non-hydrogen) atoms. The summed E-state index contributed by atoms with van der Waals surface area (Å²) in [5.41, 5.74) is 6.12. The minimum atomic E-state index is -0.467. The summed E-state index contributed by atoms with van der Waals surface area (Å²) in [6.07, 6.45) is 2.32. The van der Waals surface area contributed by atoms with Crippen LogP contribution in [0.3, 0.4) is 0 Å². The summed E-state index contributed by atoms with van der Waals surface area (Å²) in [5, 5.41) is 0. The first-order valence-corrected chi connectivity index (χ1v) is 7.85. The molecule has 6 nitrogen and oxygen atoms in total. The normalized spacial score (nSPS) is 10.2. The molecule has 0 aliphatic rings. The standard InChI is InChI=1S/C16H17BrN2O4/c1-3-11-4-5-14(13(17)8-11)23-9-15(20)18-19-16(21)12-6-7-22-10(12)2/h4-8H,3,9H2,1-2H3,(H,18,20)(H,19,21). The van der Waals surface area contributed by atoms with Crippen LogP contribution in [-0.2, 0) is 11.2 Å². The van der Waals surface area contributed by atoms with Crippen LogP contribution >= 0.6 is 15.9 Å². The number of benzene rings is 1. The van der Waals surface area contributed by atoms with E-state index < -0.39 is 11.8 Å². The van der Waals surface area contributed by atoms with Crippen molar-refractivity contribution in [3.05, 3.63) is 51.9 Å². The molecule has 7 heteroatoms. The van der Waals surface area contributed by atoms with Crippen LogP contribution in [-0.4, -0.2) is 18.4 Å². The maximum Gasteiger partial charge on any atom is 0.276 e. The van der Waals surface area contributed by atoms with E-state index in [1.165, 1.54) is 12.3 Å². The number of carbonyl (C=O) groups is 2. The number of halogens is 1. The fourth-order valence-electron chi connectivity index (χ4n) is 1.88. The number of hydrogen-bond donors (Lipinski definition) is 2. The Morgan fingerprint density at radius 1 is 1.26 bits per heavy atom. The Labute approximate surface area is 142 Å². The summed E-state index contributed by atoms with van der Waals surface area (Å²) in [4.78, 5) is 23.5. The molecule has 0 saturated heterocycles. The number of hydrazine groups is 1. The van der Waals surface area contributed by atoms with Gasteiger partial charge in [0, 0.05) is 0 Å². The molecule has 2 aromatic rings. The summed E-state index contributed by atoms with van der Waals surface area (Å²) in [6, 6.07) is 7.20. The van der Waals surface area contributed by atoms with Crippen LogP contribution in [0.4, 0.5) is 0 Å². The fraction of sp³-hybridized carbons (Fsp3) is 0.250. The average molecular weight is 381 g/mol. The van der Waals surface area contributed by atoms with Gasteiger partial charge in [0.1, 0.15) is 11.5 Å². The molecule has 1 heterocycles. The van der Waals surface area contributed by atoms with Gasteiger partial charge < -0.3 is 9.15 Å². The van der Waals surface area contributed by atoms with Crippen molar-refractivity contribution in [3.63, 3.8) is 0 Å². The number of carbonyl (C=O) groups excluding carboxylic acids is 2. The van der Waals surface area contributed by atoms with Crippen LogP contribution < -0.4 is 15.6 Å². The number of ether oxygens (including phenoxy) is 1. The first kappa shape index (κ1) is 17.1. The van der Waals surface area contributed by atoms with Crippen molar-refractivity contribution >= 4 is 27.7 Å². The van der Waals surface area contributed by atoms with Crippen molar-refractivity contribution in [2.45, 2.75) is 20.3 Å². The van der Waals surface area contributed by atoms with E-state index in [0.29, 0.717) is 17.1 Å². The maximum absolute atomic E-state index is 11.8. The van der Waals surface area contributed by atoms with Crippen molar-refractivity contribution in [3.8, 4) is 5.75 Å². The molecule has 0 radical (unpaired) electrons. The van der Waals surface area contributed by atoms with Crippen molar-refractivity contribution in [2.75, 3.05) is 6.61 Å². The van der Waals surface area contributed by atoms with Crippen LogP contribution in [0, 0.1) is 6.92 Å². The van der Waals surface area contributed by atoms with Gasteiger partial charge in [-0.05, 0) is 53.0 Å². The van der Waals surface area contributed by atoms with Crippen molar-refractivity contribution in [1.82, 2.24) is 10.9 Å². The monoisotopic (exact) mass is 380 g/mol. The molecule has 1 aromatic heterocycles. The molecule has 2 rings (SSSR count). The fourth-order valence-corrected chi connectivity index (χ4v) is 2.42. The highest BCUT2D eigenvalue weighted by Crippen LogP contribution is 2.26. The van der Waals surface area contributed by atoms with Gasteiger partial charge in [0.05, 0.1) is 16.3 Å². The van der Waals surface area contributed by atoms with E-state index in [4.69, 9.17) is 9.15 Å². The second-order valence-corrected chi connectivity index (χ2v) is 5.65. The van der Waals surface area contributed by atoms with Gasteiger partial charge in [-0.25, -0.2) is 0 Å². The van der Waals surface area contributed by atoms with Gasteiger partial charge in [-0.3, -0.25) is 20.4 Å². The topological polar surface area (TPSA) is 80.6 Å². The van der Waals surface area contributed by atoms with Crippen molar-refractivity contribution in [2.24, 2.45) is 0 Å². The molecule has 122 valence electrons. The molecule has 1 aromatic carbocycles. The molecule has 0 unspecified atom stereocenters. The predicted octanol–water partition coefficient (Wildman–Crippen LogP) is 2.75. The molecular weight excluding hydrogens is 364 g/mol. The quantitative estimate of drug-likeness (QED) is 0.781. The van der Waals surface area contributed by atoms with E-state index in [0.717, 1.165) is 16.5 Å². The van der Waals surface area contributed by atoms with Gasteiger partial charge in [-0.1, -0.05) is 13.0 Å². The SMILES string of the molecule is CCc1ccc(OCC(=O)NNC(=O)c2ccoc2C)c(Br)c1. The minimum absolute atomic E-state index is 0.214. The van der Waals surface area contributed by atoms with Crippen LogP contribution in [0.2, 0.25) is 0 Å². The molecule has 0 saturated carbocycles. The summed E-state index contributed by atoms with van der Waals surface area (Å²) in [5.74, 6) is 0.131. The van der Waals surface area contributed by atoms with Crippen molar-refractivity contribution < 1.29 is 18.7 Å². The second kappa shape index (κ2) is 7.82. The number of rotatable bonds is 5. The lowest BCUT2D eigenvalue weighted by Gasteiger charge is -2.10. The third-order valence-electron chi connectivity index (χ3n) is 3.18. The Bertz CT molecular complexity index is 712. The zero-order valence-corrected chi connectivity index (χ0v) is 14.4. The van der Waals surface area contributed by atoms with E-state index >= 15 is 0 Å². The molecule has 0 aliphatic heterocycles. The Morgan fingerprint density at radius 2 is 2.04 bits per heavy atom. The smallest absolute Gasteiger partial charge is 0.276 e. The van der Waals surface area contributed by atoms with E-state index in [2.05, 4.69) is 33.7 Å². The summed E-state index contributed by atoms with van der Waals surface area (Å²) >= 11 is 3.40. The van der Waals surface area contributed by atoms with Crippen LogP contribution in [0.5, 0.6) is 5.75 Å². The van der Waals surface area contributed by atoms with Gasteiger partial charge in [0.25, 0.3) is 11.8 Å². The van der Waals surface area contributed by atoms with Gasteiger partial charge >= 0.3 is 0 Å². The van der Waals surface area contributed by atoms with Gasteiger partial charge in [-0.15, -0.1) is 0 Å². The van der Waals surface area contributed by atoms with Crippen LogP contribution in [0.15, 0.2) is 39.4 Å². The lowest BCUT2D eigenvalue weighted by atomic mass is 10.2. The first-order chi connectivity index (χ1) is 11.0. The lowest BCUT2D eigenvalue weighted by molar-refractivity contribution is -0.123. The van der Waals surface area contributed by atoms with E-state index in [1.807, 2.05) is 12.1 Å². The number of furan rings is 1.